The van der Waals surface area contributed by atoms with Gasteiger partial charge in [0.05, 0.1) is 5.56 Å². The molecule has 0 unspecified atom stereocenters. The van der Waals surface area contributed by atoms with Gasteiger partial charge in [0.2, 0.25) is 0 Å². The molecule has 0 amide bonds. The van der Waals surface area contributed by atoms with Crippen LogP contribution < -0.4 is 0 Å². The fraction of sp³-hybridized carbons (Fsp3) is 0. The number of aromatic carboxylic acids is 1. The van der Waals surface area contributed by atoms with E-state index in [-0.39, 0.29) is 16.9 Å². The summed E-state index contributed by atoms with van der Waals surface area (Å²) in [6.45, 7) is 0. The minimum atomic E-state index is -1.12. The van der Waals surface area contributed by atoms with Crippen LogP contribution in [-0.4, -0.2) is 26.8 Å². The number of hydrogen-bond donors (Lipinski definition) is 2. The van der Waals surface area contributed by atoms with Crippen LogP contribution in [0.3, 0.4) is 0 Å². The van der Waals surface area contributed by atoms with E-state index in [0.717, 1.165) is 0 Å². The second-order valence-corrected chi connectivity index (χ2v) is 4.28. The molecular weight excluding hydrogens is 256 g/mol. The molecule has 0 fully saturated rings. The normalized spacial score (nSPS) is 10.6. The standard InChI is InChI=1S/C15H10N2O3/c18-13(9-4-1-2-5-11(9)15(19)20)12-8-17-14-10(12)6-3-7-16-14/h1-8H,(H,16,17)(H,19,20). The number of nitrogens with zero attached hydrogens (tertiary/aromatic N) is 1. The van der Waals surface area contributed by atoms with Gasteiger partial charge in [-0.1, -0.05) is 18.2 Å². The van der Waals surface area contributed by atoms with Crippen molar-refractivity contribution in [2.24, 2.45) is 0 Å². The van der Waals surface area contributed by atoms with Crippen molar-refractivity contribution in [3.05, 3.63) is 65.5 Å². The summed E-state index contributed by atoms with van der Waals surface area (Å²) in [5.74, 6) is -1.45. The Labute approximate surface area is 113 Å². The number of pyridine rings is 1. The monoisotopic (exact) mass is 266 g/mol. The fourth-order valence-corrected chi connectivity index (χ4v) is 2.16. The summed E-state index contributed by atoms with van der Waals surface area (Å²) in [5, 5.41) is 9.83. The first kappa shape index (κ1) is 12.1. The zero-order valence-corrected chi connectivity index (χ0v) is 10.3. The second-order valence-electron chi connectivity index (χ2n) is 4.28. The summed E-state index contributed by atoms with van der Waals surface area (Å²) >= 11 is 0. The number of carbonyl (C=O) groups is 2. The summed E-state index contributed by atoms with van der Waals surface area (Å²) in [5.41, 5.74) is 1.19. The van der Waals surface area contributed by atoms with Gasteiger partial charge in [0.15, 0.2) is 5.78 Å². The minimum Gasteiger partial charge on any atom is -0.478 e. The zero-order chi connectivity index (χ0) is 14.1. The quantitative estimate of drug-likeness (QED) is 0.713. The van der Waals surface area contributed by atoms with Gasteiger partial charge in [0, 0.05) is 28.9 Å². The van der Waals surface area contributed by atoms with E-state index in [1.54, 1.807) is 36.7 Å². The number of hydrogen-bond acceptors (Lipinski definition) is 3. The molecule has 98 valence electrons. The summed E-state index contributed by atoms with van der Waals surface area (Å²) in [4.78, 5) is 30.7. The largest absolute Gasteiger partial charge is 0.478 e. The van der Waals surface area contributed by atoms with Gasteiger partial charge in [0.1, 0.15) is 5.65 Å². The molecule has 0 atom stereocenters. The maximum Gasteiger partial charge on any atom is 0.336 e. The summed E-state index contributed by atoms with van der Waals surface area (Å²) < 4.78 is 0. The molecule has 0 aliphatic carbocycles. The van der Waals surface area contributed by atoms with Crippen LogP contribution in [0.1, 0.15) is 26.3 Å². The first-order valence-corrected chi connectivity index (χ1v) is 5.97. The van der Waals surface area contributed by atoms with Crippen molar-refractivity contribution in [1.82, 2.24) is 9.97 Å². The Morgan fingerprint density at radius 2 is 1.75 bits per heavy atom. The lowest BCUT2D eigenvalue weighted by atomic mass is 9.98. The van der Waals surface area contributed by atoms with E-state index < -0.39 is 5.97 Å². The number of aromatic amines is 1. The molecule has 3 rings (SSSR count). The molecule has 0 saturated heterocycles. The summed E-state index contributed by atoms with van der Waals surface area (Å²) in [7, 11) is 0. The third kappa shape index (κ3) is 1.85. The molecule has 3 aromatic rings. The van der Waals surface area contributed by atoms with Gasteiger partial charge in [-0.15, -0.1) is 0 Å². The maximum absolute atomic E-state index is 12.5. The fourth-order valence-electron chi connectivity index (χ4n) is 2.16. The SMILES string of the molecule is O=C(O)c1ccccc1C(=O)c1c[nH]c2ncccc12. The van der Waals surface area contributed by atoms with E-state index in [2.05, 4.69) is 9.97 Å². The second kappa shape index (κ2) is 4.62. The molecule has 0 spiro atoms. The Morgan fingerprint density at radius 3 is 2.50 bits per heavy atom. The average Bonchev–Trinajstić information content (AvgIpc) is 2.90. The number of fused-ring (bicyclic) bond motifs is 1. The van der Waals surface area contributed by atoms with Crippen molar-refractivity contribution in [3.8, 4) is 0 Å². The number of carboxylic acid groups (broad SMARTS) is 1. The summed E-state index contributed by atoms with van der Waals surface area (Å²) in [6.07, 6.45) is 3.18. The van der Waals surface area contributed by atoms with Crippen LogP contribution in [0.25, 0.3) is 11.0 Å². The lowest BCUT2D eigenvalue weighted by Gasteiger charge is -2.03. The number of carboxylic acids is 1. The number of ketones is 1. The van der Waals surface area contributed by atoms with E-state index in [1.807, 2.05) is 0 Å². The van der Waals surface area contributed by atoms with Crippen molar-refractivity contribution >= 4 is 22.8 Å². The summed E-state index contributed by atoms with van der Waals surface area (Å²) in [6, 6.07) is 9.68. The molecule has 5 nitrogen and oxygen atoms in total. The first-order chi connectivity index (χ1) is 9.68. The highest BCUT2D eigenvalue weighted by Crippen LogP contribution is 2.21. The third-order valence-corrected chi connectivity index (χ3v) is 3.10. The highest BCUT2D eigenvalue weighted by Gasteiger charge is 2.20. The predicted molar refractivity (Wildman–Crippen MR) is 72.9 cm³/mol. The molecule has 0 saturated carbocycles. The van der Waals surface area contributed by atoms with Crippen molar-refractivity contribution in [3.63, 3.8) is 0 Å². The highest BCUT2D eigenvalue weighted by atomic mass is 16.4. The number of H-pyrrole nitrogens is 1. The average molecular weight is 266 g/mol. The molecular formula is C15H10N2O3. The Hall–Kier alpha value is -2.95. The van der Waals surface area contributed by atoms with E-state index in [0.29, 0.717) is 16.6 Å². The third-order valence-electron chi connectivity index (χ3n) is 3.10. The number of carbonyl (C=O) groups excluding carboxylic acids is 1. The van der Waals surface area contributed by atoms with Gasteiger partial charge in [-0.05, 0) is 18.2 Å². The van der Waals surface area contributed by atoms with Gasteiger partial charge in [-0.25, -0.2) is 9.78 Å². The van der Waals surface area contributed by atoms with Crippen LogP contribution >= 0.6 is 0 Å². The van der Waals surface area contributed by atoms with E-state index >= 15 is 0 Å². The Balaban J connectivity index is 2.16. The molecule has 2 N–H and O–H groups in total. The van der Waals surface area contributed by atoms with Gasteiger partial charge in [-0.3, -0.25) is 4.79 Å². The highest BCUT2D eigenvalue weighted by molar-refractivity contribution is 6.19. The first-order valence-electron chi connectivity index (χ1n) is 5.97. The molecule has 0 aliphatic heterocycles. The number of aromatic nitrogens is 2. The lowest BCUT2D eigenvalue weighted by molar-refractivity contribution is 0.0693. The van der Waals surface area contributed by atoms with E-state index in [9.17, 15) is 9.59 Å². The van der Waals surface area contributed by atoms with Crippen LogP contribution in [-0.2, 0) is 0 Å². The molecule has 1 aromatic carbocycles. The van der Waals surface area contributed by atoms with E-state index in [4.69, 9.17) is 5.11 Å². The van der Waals surface area contributed by atoms with Crippen LogP contribution in [0.5, 0.6) is 0 Å². The molecule has 0 radical (unpaired) electrons. The molecule has 2 heterocycles. The number of nitrogens with one attached hydrogen (secondary N) is 1. The van der Waals surface area contributed by atoms with Gasteiger partial charge < -0.3 is 10.1 Å². The van der Waals surface area contributed by atoms with E-state index in [1.165, 1.54) is 12.1 Å². The van der Waals surface area contributed by atoms with Crippen molar-refractivity contribution in [1.29, 1.82) is 0 Å². The molecule has 0 aliphatic rings. The van der Waals surface area contributed by atoms with Crippen molar-refractivity contribution in [2.75, 3.05) is 0 Å². The lowest BCUT2D eigenvalue weighted by Crippen LogP contribution is -2.09. The predicted octanol–water partition coefficient (Wildman–Crippen LogP) is 2.49. The van der Waals surface area contributed by atoms with Gasteiger partial charge >= 0.3 is 5.97 Å². The van der Waals surface area contributed by atoms with Gasteiger partial charge in [-0.2, -0.15) is 0 Å². The number of rotatable bonds is 3. The topological polar surface area (TPSA) is 83.0 Å². The van der Waals surface area contributed by atoms with Crippen molar-refractivity contribution < 1.29 is 14.7 Å². The zero-order valence-electron chi connectivity index (χ0n) is 10.3. The Bertz CT molecular complexity index is 821. The minimum absolute atomic E-state index is 0.00394. The Morgan fingerprint density at radius 1 is 1.00 bits per heavy atom. The van der Waals surface area contributed by atoms with Gasteiger partial charge in [0.25, 0.3) is 0 Å². The molecule has 0 bridgehead atoms. The van der Waals surface area contributed by atoms with Crippen LogP contribution in [0, 0.1) is 0 Å². The maximum atomic E-state index is 12.5. The molecule has 5 heteroatoms. The molecule has 20 heavy (non-hydrogen) atoms. The molecule has 2 aromatic heterocycles. The van der Waals surface area contributed by atoms with Crippen LogP contribution in [0.4, 0.5) is 0 Å². The smallest absolute Gasteiger partial charge is 0.336 e. The van der Waals surface area contributed by atoms with Crippen LogP contribution in [0.2, 0.25) is 0 Å². The van der Waals surface area contributed by atoms with Crippen molar-refractivity contribution in [2.45, 2.75) is 0 Å². The number of benzene rings is 1. The van der Waals surface area contributed by atoms with Crippen LogP contribution in [0.15, 0.2) is 48.8 Å². The Kier molecular flexibility index (Phi) is 2.80.